The maximum Gasteiger partial charge on any atom is 0.258 e. The van der Waals surface area contributed by atoms with Crippen LogP contribution in [0.5, 0.6) is 17.4 Å². The fourth-order valence-corrected chi connectivity index (χ4v) is 5.88. The number of amides is 1. The number of halogens is 1. The van der Waals surface area contributed by atoms with E-state index in [1.54, 1.807) is 13.3 Å². The summed E-state index contributed by atoms with van der Waals surface area (Å²) in [5, 5.41) is 3.27. The van der Waals surface area contributed by atoms with Gasteiger partial charge in [-0.3, -0.25) is 4.79 Å². The summed E-state index contributed by atoms with van der Waals surface area (Å²) in [6, 6.07) is 12.1. The third-order valence-corrected chi connectivity index (χ3v) is 8.54. The topological polar surface area (TPSA) is 79.8 Å². The Morgan fingerprint density at radius 3 is 2.62 bits per heavy atom. The summed E-state index contributed by atoms with van der Waals surface area (Å²) >= 11 is 3.50. The van der Waals surface area contributed by atoms with Gasteiger partial charge in [0.15, 0.2) is 0 Å². The van der Waals surface area contributed by atoms with Gasteiger partial charge in [-0.2, -0.15) is 4.98 Å². The number of piperidine rings is 1. The van der Waals surface area contributed by atoms with Crippen LogP contribution in [0.4, 0.5) is 11.6 Å². The summed E-state index contributed by atoms with van der Waals surface area (Å²) in [5.74, 6) is 2.48. The van der Waals surface area contributed by atoms with Crippen LogP contribution < -0.4 is 14.8 Å². The number of carbonyl (C=O) groups is 1. The average Bonchev–Trinajstić information content (AvgIpc) is 3.69. The first-order chi connectivity index (χ1) is 17.9. The highest BCUT2D eigenvalue weighted by Crippen LogP contribution is 2.57. The Labute approximate surface area is 225 Å². The molecule has 37 heavy (non-hydrogen) atoms. The Bertz CT molecular complexity index is 1370. The van der Waals surface area contributed by atoms with Gasteiger partial charge in [-0.25, -0.2) is 4.98 Å². The summed E-state index contributed by atoms with van der Waals surface area (Å²) in [6.45, 7) is 2.21. The van der Waals surface area contributed by atoms with Crippen molar-refractivity contribution < 1.29 is 14.3 Å². The summed E-state index contributed by atoms with van der Waals surface area (Å²) in [7, 11) is 5.71. The van der Waals surface area contributed by atoms with E-state index in [2.05, 4.69) is 55.3 Å². The van der Waals surface area contributed by atoms with Crippen LogP contribution in [-0.4, -0.2) is 60.0 Å². The number of nitrogens with one attached hydrogen (secondary N) is 1. The molecule has 2 aliphatic heterocycles. The molecule has 2 fully saturated rings. The average molecular weight is 564 g/mol. The molecule has 8 nitrogen and oxygen atoms in total. The van der Waals surface area contributed by atoms with Crippen molar-refractivity contribution in [3.63, 3.8) is 0 Å². The van der Waals surface area contributed by atoms with Crippen molar-refractivity contribution in [1.82, 2.24) is 19.8 Å². The standard InChI is InChI=1S/C28H30BrN5O3/c1-33-13-9-17(10-14-33)18-7-8-21(23(15-18)36-3)31-27-30-16-20(29)25(32-27)37-22-6-4-5-19-24(22)26(35)34(2)28(19)11-12-28/h4-8,15-17H,9-14H2,1-3H3,(H,30,31,32). The van der Waals surface area contributed by atoms with Gasteiger partial charge in [0, 0.05) is 7.05 Å². The minimum atomic E-state index is -0.169. The summed E-state index contributed by atoms with van der Waals surface area (Å²) in [4.78, 5) is 26.3. The van der Waals surface area contributed by atoms with Crippen LogP contribution in [0.1, 0.15) is 53.1 Å². The second-order valence-electron chi connectivity index (χ2n) is 10.2. The Balaban J connectivity index is 1.25. The van der Waals surface area contributed by atoms with Crippen molar-refractivity contribution in [3.05, 3.63) is 63.8 Å². The Morgan fingerprint density at radius 1 is 1.11 bits per heavy atom. The molecule has 0 atom stereocenters. The molecule has 9 heteroatoms. The zero-order valence-electron chi connectivity index (χ0n) is 21.3. The smallest absolute Gasteiger partial charge is 0.258 e. The largest absolute Gasteiger partial charge is 0.495 e. The van der Waals surface area contributed by atoms with E-state index in [1.165, 1.54) is 5.56 Å². The lowest BCUT2D eigenvalue weighted by Crippen LogP contribution is -2.29. The van der Waals surface area contributed by atoms with E-state index >= 15 is 0 Å². The van der Waals surface area contributed by atoms with Gasteiger partial charge in [0.1, 0.15) is 11.5 Å². The van der Waals surface area contributed by atoms with Crippen molar-refractivity contribution in [1.29, 1.82) is 0 Å². The van der Waals surface area contributed by atoms with Gasteiger partial charge in [-0.05, 0) is 97.0 Å². The van der Waals surface area contributed by atoms with Crippen LogP contribution in [0.15, 0.2) is 47.1 Å². The van der Waals surface area contributed by atoms with Crippen molar-refractivity contribution in [3.8, 4) is 17.4 Å². The van der Waals surface area contributed by atoms with Gasteiger partial charge < -0.3 is 24.6 Å². The molecule has 1 amide bonds. The lowest BCUT2D eigenvalue weighted by molar-refractivity contribution is 0.0753. The van der Waals surface area contributed by atoms with Crippen LogP contribution in [-0.2, 0) is 5.54 Å². The number of nitrogens with zero attached hydrogens (tertiary/aromatic N) is 4. The van der Waals surface area contributed by atoms with Gasteiger partial charge >= 0.3 is 0 Å². The molecule has 0 radical (unpaired) electrons. The molecule has 3 aromatic rings. The molecule has 1 saturated carbocycles. The van der Waals surface area contributed by atoms with Crippen molar-refractivity contribution >= 4 is 33.5 Å². The van der Waals surface area contributed by atoms with E-state index < -0.39 is 0 Å². The van der Waals surface area contributed by atoms with Gasteiger partial charge in [-0.15, -0.1) is 0 Å². The Hall–Kier alpha value is -3.17. The SMILES string of the molecule is COc1cc(C2CCN(C)CC2)ccc1Nc1ncc(Br)c(Oc2cccc3c2C(=O)N(C)C32CC2)n1. The van der Waals surface area contributed by atoms with E-state index in [0.29, 0.717) is 33.5 Å². The third-order valence-electron chi connectivity index (χ3n) is 7.99. The van der Waals surface area contributed by atoms with Crippen LogP contribution in [0, 0.1) is 0 Å². The van der Waals surface area contributed by atoms with Gasteiger partial charge in [0.05, 0.1) is 34.6 Å². The number of carbonyl (C=O) groups excluding carboxylic acids is 1. The quantitative estimate of drug-likeness (QED) is 0.414. The first-order valence-electron chi connectivity index (χ1n) is 12.6. The minimum Gasteiger partial charge on any atom is -0.495 e. The number of methoxy groups -OCH3 is 1. The van der Waals surface area contributed by atoms with Crippen LogP contribution >= 0.6 is 15.9 Å². The molecule has 1 saturated heterocycles. The van der Waals surface area contributed by atoms with E-state index in [4.69, 9.17) is 9.47 Å². The number of hydrogen-bond acceptors (Lipinski definition) is 7. The molecule has 2 aromatic carbocycles. The minimum absolute atomic E-state index is 0.0129. The lowest BCUT2D eigenvalue weighted by atomic mass is 9.89. The van der Waals surface area contributed by atoms with Gasteiger partial charge in [0.2, 0.25) is 11.8 Å². The Kier molecular flexibility index (Phi) is 6.07. The number of aromatic nitrogens is 2. The molecule has 0 bridgehead atoms. The highest BCUT2D eigenvalue weighted by molar-refractivity contribution is 9.10. The number of likely N-dealkylation sites (tertiary alicyclic amines) is 1. The molecule has 1 N–H and O–H groups in total. The summed E-state index contributed by atoms with van der Waals surface area (Å²) in [5.41, 5.74) is 3.56. The van der Waals surface area contributed by atoms with Gasteiger partial charge in [0.25, 0.3) is 5.91 Å². The second-order valence-corrected chi connectivity index (χ2v) is 11.0. The Morgan fingerprint density at radius 2 is 1.89 bits per heavy atom. The van der Waals surface area contributed by atoms with E-state index in [0.717, 1.165) is 55.8 Å². The predicted octanol–water partition coefficient (Wildman–Crippen LogP) is 5.67. The maximum absolute atomic E-state index is 13.1. The van der Waals surface area contributed by atoms with E-state index in [-0.39, 0.29) is 11.4 Å². The number of fused-ring (bicyclic) bond motifs is 2. The first kappa shape index (κ1) is 24.2. The fourth-order valence-electron chi connectivity index (χ4n) is 5.61. The zero-order chi connectivity index (χ0) is 25.7. The first-order valence-corrected chi connectivity index (χ1v) is 13.4. The highest BCUT2D eigenvalue weighted by atomic mass is 79.9. The van der Waals surface area contributed by atoms with Crippen LogP contribution in [0.25, 0.3) is 0 Å². The summed E-state index contributed by atoms with van der Waals surface area (Å²) in [6.07, 6.45) is 5.89. The molecule has 3 heterocycles. The van der Waals surface area contributed by atoms with Crippen molar-refractivity contribution in [2.45, 2.75) is 37.1 Å². The molecular weight excluding hydrogens is 534 g/mol. The van der Waals surface area contributed by atoms with E-state index in [9.17, 15) is 4.79 Å². The summed E-state index contributed by atoms with van der Waals surface area (Å²) < 4.78 is 12.5. The molecule has 0 unspecified atom stereocenters. The van der Waals surface area contributed by atoms with Crippen molar-refractivity contribution in [2.24, 2.45) is 0 Å². The number of benzene rings is 2. The maximum atomic E-state index is 13.1. The molecule has 1 spiro atoms. The van der Waals surface area contributed by atoms with Gasteiger partial charge in [-0.1, -0.05) is 18.2 Å². The molecule has 192 valence electrons. The third kappa shape index (κ3) is 4.24. The number of hydrogen-bond donors (Lipinski definition) is 1. The normalized spacial score (nSPS) is 18.7. The monoisotopic (exact) mass is 563 g/mol. The lowest BCUT2D eigenvalue weighted by Gasteiger charge is -2.29. The second kappa shape index (κ2) is 9.29. The number of anilines is 2. The molecular formula is C28H30BrN5O3. The van der Waals surface area contributed by atoms with E-state index in [1.807, 2.05) is 36.2 Å². The number of ether oxygens (including phenoxy) is 2. The fraction of sp³-hybridized carbons (Fsp3) is 0.393. The molecule has 6 rings (SSSR count). The molecule has 1 aromatic heterocycles. The molecule has 1 aliphatic carbocycles. The highest BCUT2D eigenvalue weighted by Gasteiger charge is 2.57. The van der Waals surface area contributed by atoms with Crippen LogP contribution in [0.3, 0.4) is 0 Å². The predicted molar refractivity (Wildman–Crippen MR) is 145 cm³/mol. The zero-order valence-corrected chi connectivity index (χ0v) is 22.8. The number of rotatable bonds is 6. The van der Waals surface area contributed by atoms with Crippen molar-refractivity contribution in [2.75, 3.05) is 39.6 Å². The molecule has 3 aliphatic rings. The van der Waals surface area contributed by atoms with Crippen LogP contribution in [0.2, 0.25) is 0 Å².